The van der Waals surface area contributed by atoms with Crippen LogP contribution in [-0.4, -0.2) is 35.6 Å². The summed E-state index contributed by atoms with van der Waals surface area (Å²) >= 11 is 0. The molecule has 0 fully saturated rings. The molecular formula is C22H33N3O2. The van der Waals surface area contributed by atoms with Gasteiger partial charge in [-0.05, 0) is 26.2 Å². The summed E-state index contributed by atoms with van der Waals surface area (Å²) in [7, 11) is 2.00. The Hall–Kier alpha value is -2.30. The monoisotopic (exact) mass is 371 g/mol. The molecule has 1 heterocycles. The molecule has 148 valence electrons. The Morgan fingerprint density at radius 1 is 1.15 bits per heavy atom. The fourth-order valence-corrected chi connectivity index (χ4v) is 3.01. The summed E-state index contributed by atoms with van der Waals surface area (Å²) in [5, 5.41) is 4.37. The predicted octanol–water partition coefficient (Wildman–Crippen LogP) is 4.97. The molecule has 0 spiro atoms. The minimum absolute atomic E-state index is 0.185. The number of amides is 1. The lowest BCUT2D eigenvalue weighted by Gasteiger charge is -2.26. The number of hydrogen-bond acceptors (Lipinski definition) is 4. The summed E-state index contributed by atoms with van der Waals surface area (Å²) in [4.78, 5) is 16.8. The second kappa shape index (κ2) is 9.58. The fourth-order valence-electron chi connectivity index (χ4n) is 3.01. The zero-order valence-electron chi connectivity index (χ0n) is 17.5. The average Bonchev–Trinajstić information content (AvgIpc) is 3.04. The molecule has 5 nitrogen and oxygen atoms in total. The number of hydrogen-bond donors (Lipinski definition) is 0. The maximum absolute atomic E-state index is 12.8. The number of nitrogens with zero attached hydrogens (tertiary/aromatic N) is 3. The number of benzene rings is 1. The van der Waals surface area contributed by atoms with Crippen LogP contribution >= 0.6 is 0 Å². The van der Waals surface area contributed by atoms with E-state index in [9.17, 15) is 4.79 Å². The molecule has 2 rings (SSSR count). The number of aromatic nitrogens is 1. The topological polar surface area (TPSA) is 49.6 Å². The normalized spacial score (nSPS) is 11.3. The SMILES string of the molecule is CCCN(Cc1c(-c2ccccc2)noc1N(C)C(C)C)C(=O)CC(C)C. The Balaban J connectivity index is 2.44. The molecule has 1 amide bonds. The van der Waals surface area contributed by atoms with Gasteiger partial charge in [-0.1, -0.05) is 56.3 Å². The first kappa shape index (κ1) is 21.0. The van der Waals surface area contributed by atoms with Crippen LogP contribution in [0.15, 0.2) is 34.9 Å². The lowest BCUT2D eigenvalue weighted by molar-refractivity contribution is -0.132. The van der Waals surface area contributed by atoms with Crippen LogP contribution in [0.4, 0.5) is 5.88 Å². The molecule has 27 heavy (non-hydrogen) atoms. The van der Waals surface area contributed by atoms with E-state index in [1.54, 1.807) is 0 Å². The van der Waals surface area contributed by atoms with Crippen molar-refractivity contribution in [3.05, 3.63) is 35.9 Å². The minimum Gasteiger partial charge on any atom is -0.341 e. The molecule has 0 radical (unpaired) electrons. The van der Waals surface area contributed by atoms with Gasteiger partial charge in [0.1, 0.15) is 5.69 Å². The van der Waals surface area contributed by atoms with Crippen molar-refractivity contribution < 1.29 is 9.32 Å². The molecule has 0 saturated heterocycles. The van der Waals surface area contributed by atoms with Gasteiger partial charge in [0.25, 0.3) is 0 Å². The molecule has 0 bridgehead atoms. The van der Waals surface area contributed by atoms with Gasteiger partial charge < -0.3 is 14.3 Å². The van der Waals surface area contributed by atoms with Crippen molar-refractivity contribution >= 4 is 11.8 Å². The van der Waals surface area contributed by atoms with Crippen LogP contribution in [-0.2, 0) is 11.3 Å². The van der Waals surface area contributed by atoms with E-state index >= 15 is 0 Å². The second-order valence-electron chi connectivity index (χ2n) is 7.80. The molecule has 0 aliphatic carbocycles. The lowest BCUT2D eigenvalue weighted by Crippen LogP contribution is -2.33. The summed E-state index contributed by atoms with van der Waals surface area (Å²) in [6.45, 7) is 11.7. The summed E-state index contributed by atoms with van der Waals surface area (Å²) < 4.78 is 5.75. The molecule has 0 N–H and O–H groups in total. The molecule has 0 aliphatic rings. The molecule has 2 aromatic rings. The summed E-state index contributed by atoms with van der Waals surface area (Å²) in [5.41, 5.74) is 2.80. The van der Waals surface area contributed by atoms with Crippen molar-refractivity contribution in [2.75, 3.05) is 18.5 Å². The molecule has 1 aromatic carbocycles. The van der Waals surface area contributed by atoms with E-state index < -0.39 is 0 Å². The summed E-state index contributed by atoms with van der Waals surface area (Å²) in [6.07, 6.45) is 1.48. The lowest BCUT2D eigenvalue weighted by atomic mass is 10.1. The molecular weight excluding hydrogens is 338 g/mol. The van der Waals surface area contributed by atoms with Crippen molar-refractivity contribution in [1.82, 2.24) is 10.1 Å². The van der Waals surface area contributed by atoms with Gasteiger partial charge in [-0.15, -0.1) is 0 Å². The van der Waals surface area contributed by atoms with Crippen molar-refractivity contribution in [3.63, 3.8) is 0 Å². The van der Waals surface area contributed by atoms with Gasteiger partial charge in [-0.3, -0.25) is 4.79 Å². The quantitative estimate of drug-likeness (QED) is 0.624. The molecule has 0 unspecified atom stereocenters. The van der Waals surface area contributed by atoms with Crippen LogP contribution in [0.5, 0.6) is 0 Å². The fraction of sp³-hybridized carbons (Fsp3) is 0.545. The van der Waals surface area contributed by atoms with Crippen LogP contribution in [0.3, 0.4) is 0 Å². The van der Waals surface area contributed by atoms with Crippen LogP contribution in [0, 0.1) is 5.92 Å². The van der Waals surface area contributed by atoms with Gasteiger partial charge in [0.15, 0.2) is 0 Å². The van der Waals surface area contributed by atoms with Crippen LogP contribution in [0.1, 0.15) is 53.0 Å². The van der Waals surface area contributed by atoms with E-state index in [2.05, 4.69) is 44.7 Å². The first-order chi connectivity index (χ1) is 12.8. The Kier molecular flexibility index (Phi) is 7.45. The standard InChI is InChI=1S/C22H33N3O2/c1-7-13-25(20(26)14-16(2)3)15-19-21(18-11-9-8-10-12-18)23-27-22(19)24(6)17(4)5/h8-12,16-17H,7,13-15H2,1-6H3. The molecule has 0 saturated carbocycles. The highest BCUT2D eigenvalue weighted by Gasteiger charge is 2.25. The zero-order valence-corrected chi connectivity index (χ0v) is 17.5. The van der Waals surface area contributed by atoms with E-state index in [1.807, 2.05) is 42.3 Å². The molecule has 1 aromatic heterocycles. The van der Waals surface area contributed by atoms with E-state index in [1.165, 1.54) is 0 Å². The van der Waals surface area contributed by atoms with E-state index in [4.69, 9.17) is 4.52 Å². The van der Waals surface area contributed by atoms with Crippen molar-refractivity contribution in [2.24, 2.45) is 5.92 Å². The predicted molar refractivity (Wildman–Crippen MR) is 111 cm³/mol. The Morgan fingerprint density at radius 2 is 1.81 bits per heavy atom. The van der Waals surface area contributed by atoms with Crippen LogP contribution < -0.4 is 4.90 Å². The zero-order chi connectivity index (χ0) is 20.0. The van der Waals surface area contributed by atoms with Gasteiger partial charge in [0.2, 0.25) is 11.8 Å². The third kappa shape index (κ3) is 5.34. The van der Waals surface area contributed by atoms with Crippen LogP contribution in [0.25, 0.3) is 11.3 Å². The van der Waals surface area contributed by atoms with Crippen molar-refractivity contribution in [3.8, 4) is 11.3 Å². The van der Waals surface area contributed by atoms with Gasteiger partial charge in [-0.25, -0.2) is 0 Å². The Bertz CT molecular complexity index is 722. The highest BCUT2D eigenvalue weighted by molar-refractivity contribution is 5.77. The highest BCUT2D eigenvalue weighted by Crippen LogP contribution is 2.33. The van der Waals surface area contributed by atoms with E-state index in [0.29, 0.717) is 18.9 Å². The van der Waals surface area contributed by atoms with Crippen LogP contribution in [0.2, 0.25) is 0 Å². The third-order valence-corrected chi connectivity index (χ3v) is 4.69. The maximum Gasteiger partial charge on any atom is 0.232 e. The Labute approximate surface area is 163 Å². The van der Waals surface area contributed by atoms with E-state index in [-0.39, 0.29) is 11.9 Å². The first-order valence-corrected chi connectivity index (χ1v) is 9.89. The maximum atomic E-state index is 12.8. The smallest absolute Gasteiger partial charge is 0.232 e. The molecule has 0 atom stereocenters. The first-order valence-electron chi connectivity index (χ1n) is 9.89. The van der Waals surface area contributed by atoms with E-state index in [0.717, 1.165) is 35.7 Å². The summed E-state index contributed by atoms with van der Waals surface area (Å²) in [5.74, 6) is 1.26. The number of anilines is 1. The number of carbonyl (C=O) groups excluding carboxylic acids is 1. The Morgan fingerprint density at radius 3 is 2.37 bits per heavy atom. The molecule has 5 heteroatoms. The number of carbonyl (C=O) groups is 1. The van der Waals surface area contributed by atoms with Gasteiger partial charge in [-0.2, -0.15) is 0 Å². The largest absolute Gasteiger partial charge is 0.341 e. The van der Waals surface area contributed by atoms with Gasteiger partial charge in [0.05, 0.1) is 12.1 Å². The van der Waals surface area contributed by atoms with Crippen molar-refractivity contribution in [1.29, 1.82) is 0 Å². The number of rotatable bonds is 9. The second-order valence-corrected chi connectivity index (χ2v) is 7.80. The van der Waals surface area contributed by atoms with Gasteiger partial charge >= 0.3 is 0 Å². The van der Waals surface area contributed by atoms with Gasteiger partial charge in [0, 0.05) is 31.6 Å². The minimum atomic E-state index is 0.185. The average molecular weight is 372 g/mol. The summed E-state index contributed by atoms with van der Waals surface area (Å²) in [6, 6.07) is 10.3. The van der Waals surface area contributed by atoms with Crippen molar-refractivity contribution in [2.45, 2.75) is 60.0 Å². The molecule has 0 aliphatic heterocycles. The third-order valence-electron chi connectivity index (χ3n) is 4.69. The highest BCUT2D eigenvalue weighted by atomic mass is 16.5.